The quantitative estimate of drug-likeness (QED) is 0.820. The van der Waals surface area contributed by atoms with Crippen molar-refractivity contribution in [2.45, 2.75) is 37.5 Å². The van der Waals surface area contributed by atoms with Crippen LogP contribution in [0.5, 0.6) is 5.75 Å². The van der Waals surface area contributed by atoms with Gasteiger partial charge < -0.3 is 15.8 Å². The molecule has 0 heterocycles. The van der Waals surface area contributed by atoms with Crippen LogP contribution in [0.2, 0.25) is 0 Å². The minimum Gasteiger partial charge on any atom is -0.492 e. The van der Waals surface area contributed by atoms with Crippen molar-refractivity contribution in [3.8, 4) is 5.75 Å². The monoisotopic (exact) mass is 294 g/mol. The van der Waals surface area contributed by atoms with Gasteiger partial charge in [-0.2, -0.15) is 11.8 Å². The smallest absolute Gasteiger partial charge is 0.251 e. The van der Waals surface area contributed by atoms with Gasteiger partial charge in [-0.15, -0.1) is 0 Å². The van der Waals surface area contributed by atoms with E-state index in [-0.39, 0.29) is 11.9 Å². The molecule has 2 unspecified atom stereocenters. The minimum absolute atomic E-state index is 0.0503. The molecule has 5 heteroatoms. The van der Waals surface area contributed by atoms with E-state index in [0.29, 0.717) is 28.9 Å². The molecule has 3 N–H and O–H groups in total. The van der Waals surface area contributed by atoms with Crippen LogP contribution in [0.1, 0.15) is 36.5 Å². The van der Waals surface area contributed by atoms with Gasteiger partial charge in [-0.1, -0.05) is 6.42 Å². The first-order valence-corrected chi connectivity index (χ1v) is 8.30. The lowest BCUT2D eigenvalue weighted by molar-refractivity contribution is 0.0938. The maximum absolute atomic E-state index is 12.3. The summed E-state index contributed by atoms with van der Waals surface area (Å²) in [7, 11) is 0. The molecule has 1 saturated carbocycles. The van der Waals surface area contributed by atoms with Gasteiger partial charge in [-0.3, -0.25) is 4.79 Å². The van der Waals surface area contributed by atoms with E-state index < -0.39 is 0 Å². The highest BCUT2D eigenvalue weighted by Gasteiger charge is 2.28. The van der Waals surface area contributed by atoms with Crippen molar-refractivity contribution in [3.05, 3.63) is 23.8 Å². The Bertz CT molecular complexity index is 479. The van der Waals surface area contributed by atoms with Gasteiger partial charge in [0.2, 0.25) is 0 Å². The fraction of sp³-hybridized carbons (Fsp3) is 0.533. The number of carbonyl (C=O) groups is 1. The van der Waals surface area contributed by atoms with Crippen molar-refractivity contribution < 1.29 is 9.53 Å². The second-order valence-electron chi connectivity index (χ2n) is 4.97. The van der Waals surface area contributed by atoms with Crippen molar-refractivity contribution in [1.82, 2.24) is 5.32 Å². The molecule has 2 atom stereocenters. The molecule has 1 aliphatic carbocycles. The van der Waals surface area contributed by atoms with E-state index in [9.17, 15) is 4.79 Å². The Labute approximate surface area is 124 Å². The summed E-state index contributed by atoms with van der Waals surface area (Å²) in [5.41, 5.74) is 7.00. The van der Waals surface area contributed by atoms with Gasteiger partial charge in [0.25, 0.3) is 5.91 Å². The average molecular weight is 294 g/mol. The van der Waals surface area contributed by atoms with Gasteiger partial charge in [0.15, 0.2) is 0 Å². The third-order valence-electron chi connectivity index (χ3n) is 3.64. The van der Waals surface area contributed by atoms with Gasteiger partial charge in [0, 0.05) is 16.9 Å². The molecule has 0 bridgehead atoms. The van der Waals surface area contributed by atoms with Crippen molar-refractivity contribution >= 4 is 23.4 Å². The third kappa shape index (κ3) is 3.39. The van der Waals surface area contributed by atoms with Crippen LogP contribution in [0.3, 0.4) is 0 Å². The molecule has 0 radical (unpaired) electrons. The van der Waals surface area contributed by atoms with Crippen LogP contribution in [0.15, 0.2) is 18.2 Å². The maximum Gasteiger partial charge on any atom is 0.251 e. The highest BCUT2D eigenvalue weighted by Crippen LogP contribution is 2.29. The van der Waals surface area contributed by atoms with Crippen LogP contribution in [-0.4, -0.2) is 30.1 Å². The number of nitrogens with one attached hydrogen (secondary N) is 1. The molecule has 20 heavy (non-hydrogen) atoms. The first-order chi connectivity index (χ1) is 9.65. The summed E-state index contributed by atoms with van der Waals surface area (Å²) in [6.45, 7) is 2.47. The zero-order valence-electron chi connectivity index (χ0n) is 12.0. The molecule has 4 nitrogen and oxygen atoms in total. The molecule has 110 valence electrons. The number of hydrogen-bond donors (Lipinski definition) is 2. The summed E-state index contributed by atoms with van der Waals surface area (Å²) in [5.74, 6) is 0.581. The number of benzene rings is 1. The van der Waals surface area contributed by atoms with Gasteiger partial charge in [-0.25, -0.2) is 0 Å². The predicted octanol–water partition coefficient (Wildman–Crippen LogP) is 2.68. The topological polar surface area (TPSA) is 64.3 Å². The number of thioether (sulfide) groups is 1. The van der Waals surface area contributed by atoms with Crippen molar-refractivity contribution in [3.63, 3.8) is 0 Å². The number of nitrogen functional groups attached to an aromatic ring is 1. The Balaban J connectivity index is 2.04. The van der Waals surface area contributed by atoms with E-state index in [4.69, 9.17) is 10.5 Å². The predicted molar refractivity (Wildman–Crippen MR) is 84.4 cm³/mol. The molecule has 1 fully saturated rings. The maximum atomic E-state index is 12.3. The number of carbonyl (C=O) groups excluding carboxylic acids is 1. The minimum atomic E-state index is -0.0503. The van der Waals surface area contributed by atoms with E-state index in [1.807, 2.05) is 18.7 Å². The second kappa shape index (κ2) is 6.88. The summed E-state index contributed by atoms with van der Waals surface area (Å²) >= 11 is 1.83. The third-order valence-corrected chi connectivity index (χ3v) is 4.81. The highest BCUT2D eigenvalue weighted by atomic mass is 32.2. The van der Waals surface area contributed by atoms with Gasteiger partial charge >= 0.3 is 0 Å². The van der Waals surface area contributed by atoms with Crippen molar-refractivity contribution in [2.75, 3.05) is 18.6 Å². The molecule has 1 aliphatic rings. The Morgan fingerprint density at radius 2 is 2.30 bits per heavy atom. The van der Waals surface area contributed by atoms with E-state index in [0.717, 1.165) is 6.42 Å². The van der Waals surface area contributed by atoms with E-state index in [1.54, 1.807) is 18.2 Å². The molecular weight excluding hydrogens is 272 g/mol. The zero-order valence-corrected chi connectivity index (χ0v) is 12.8. The highest BCUT2D eigenvalue weighted by molar-refractivity contribution is 7.99. The van der Waals surface area contributed by atoms with Crippen LogP contribution in [0.4, 0.5) is 5.69 Å². The molecule has 2 rings (SSSR count). The average Bonchev–Trinajstić information content (AvgIpc) is 2.88. The summed E-state index contributed by atoms with van der Waals surface area (Å²) in [6.07, 6.45) is 5.52. The SMILES string of the molecule is CCOc1ccc(C(=O)NC2CCCC2SC)cc1N. The largest absolute Gasteiger partial charge is 0.492 e. The summed E-state index contributed by atoms with van der Waals surface area (Å²) in [4.78, 5) is 12.3. The molecule has 0 saturated heterocycles. The molecule has 0 spiro atoms. The lowest BCUT2D eigenvalue weighted by Crippen LogP contribution is -2.38. The Hall–Kier alpha value is -1.36. The standard InChI is InChI=1S/C15H22N2O2S/c1-3-19-13-8-7-10(9-11(13)16)15(18)17-12-5-4-6-14(12)20-2/h7-9,12,14H,3-6,16H2,1-2H3,(H,17,18). The first-order valence-electron chi connectivity index (χ1n) is 7.01. The second-order valence-corrected chi connectivity index (χ2v) is 6.05. The van der Waals surface area contributed by atoms with Crippen LogP contribution in [-0.2, 0) is 0 Å². The molecular formula is C15H22N2O2S. The lowest BCUT2D eigenvalue weighted by atomic mass is 10.1. The number of nitrogens with two attached hydrogens (primary N) is 1. The summed E-state index contributed by atoms with van der Waals surface area (Å²) in [6, 6.07) is 5.47. The molecule has 0 aromatic heterocycles. The number of anilines is 1. The summed E-state index contributed by atoms with van der Waals surface area (Å²) < 4.78 is 5.38. The van der Waals surface area contributed by atoms with Crippen LogP contribution >= 0.6 is 11.8 Å². The van der Waals surface area contributed by atoms with E-state index >= 15 is 0 Å². The van der Waals surface area contributed by atoms with Crippen LogP contribution in [0.25, 0.3) is 0 Å². The molecule has 1 amide bonds. The van der Waals surface area contributed by atoms with Crippen molar-refractivity contribution in [1.29, 1.82) is 0 Å². The first kappa shape index (κ1) is 15.0. The molecule has 0 aliphatic heterocycles. The van der Waals surface area contributed by atoms with Crippen molar-refractivity contribution in [2.24, 2.45) is 0 Å². The van der Waals surface area contributed by atoms with Crippen LogP contribution in [0, 0.1) is 0 Å². The number of amides is 1. The van der Waals surface area contributed by atoms with Gasteiger partial charge in [-0.05, 0) is 44.2 Å². The zero-order chi connectivity index (χ0) is 14.5. The molecule has 1 aromatic carbocycles. The van der Waals surface area contributed by atoms with Crippen LogP contribution < -0.4 is 15.8 Å². The number of rotatable bonds is 5. The number of hydrogen-bond acceptors (Lipinski definition) is 4. The molecule has 1 aromatic rings. The van der Waals surface area contributed by atoms with E-state index in [2.05, 4.69) is 11.6 Å². The van der Waals surface area contributed by atoms with Gasteiger partial charge in [0.05, 0.1) is 12.3 Å². The normalized spacial score (nSPS) is 21.7. The number of ether oxygens (including phenoxy) is 1. The Kier molecular flexibility index (Phi) is 5.17. The Morgan fingerprint density at radius 1 is 1.50 bits per heavy atom. The fourth-order valence-corrected chi connectivity index (χ4v) is 3.54. The fourth-order valence-electron chi connectivity index (χ4n) is 2.60. The van der Waals surface area contributed by atoms with Gasteiger partial charge in [0.1, 0.15) is 5.75 Å². The summed E-state index contributed by atoms with van der Waals surface area (Å²) in [5, 5.41) is 3.65. The lowest BCUT2D eigenvalue weighted by Gasteiger charge is -2.19. The Morgan fingerprint density at radius 3 is 2.95 bits per heavy atom. The van der Waals surface area contributed by atoms with E-state index in [1.165, 1.54) is 12.8 Å².